The Hall–Kier alpha value is -4.84. The van der Waals surface area contributed by atoms with Gasteiger partial charge in [-0.3, -0.25) is 0 Å². The lowest BCUT2D eigenvalue weighted by Gasteiger charge is -2.26. The molecule has 1 heterocycles. The van der Waals surface area contributed by atoms with Crippen molar-refractivity contribution in [2.24, 2.45) is 0 Å². The Balaban J connectivity index is 1.32. The van der Waals surface area contributed by atoms with E-state index in [0.717, 1.165) is 42.7 Å². The summed E-state index contributed by atoms with van der Waals surface area (Å²) in [6, 6.07) is 47.2. The Morgan fingerprint density at radius 3 is 1.83 bits per heavy atom. The Bertz CT molecular complexity index is 2250. The van der Waals surface area contributed by atoms with Gasteiger partial charge in [0.25, 0.3) is 0 Å². The van der Waals surface area contributed by atoms with Crippen LogP contribution in [0.25, 0.3) is 53.1 Å². The summed E-state index contributed by atoms with van der Waals surface area (Å²) < 4.78 is 1.12. The molecule has 0 aliphatic heterocycles. The second kappa shape index (κ2) is 9.91. The van der Waals surface area contributed by atoms with Gasteiger partial charge in [-0.15, -0.1) is 24.0 Å². The van der Waals surface area contributed by atoms with E-state index in [9.17, 15) is 0 Å². The van der Waals surface area contributed by atoms with E-state index >= 15 is 0 Å². The molecule has 3 nitrogen and oxygen atoms in total. The standard InChI is InChI=1S/C37H25N3S2/c38-33-18-14-23(20-35(33)41)37-39-34-19-16-26(22-36(34)42-37)40(24-8-2-1-3-9-24)25-15-17-31-29-12-5-4-10-27(29)28-11-6-7-13-30(28)32(31)21-25/h1-22,41H,38H2. The van der Waals surface area contributed by atoms with Crippen LogP contribution in [0.5, 0.6) is 0 Å². The molecule has 0 atom stereocenters. The van der Waals surface area contributed by atoms with Crippen molar-refractivity contribution in [3.63, 3.8) is 0 Å². The van der Waals surface area contributed by atoms with Gasteiger partial charge in [0.15, 0.2) is 0 Å². The number of aromatic nitrogens is 1. The van der Waals surface area contributed by atoms with E-state index in [4.69, 9.17) is 10.7 Å². The van der Waals surface area contributed by atoms with Gasteiger partial charge in [0.05, 0.1) is 10.2 Å². The molecule has 2 N–H and O–H groups in total. The summed E-state index contributed by atoms with van der Waals surface area (Å²) in [6.07, 6.45) is 0. The van der Waals surface area contributed by atoms with Gasteiger partial charge in [-0.1, -0.05) is 72.8 Å². The molecule has 7 aromatic carbocycles. The van der Waals surface area contributed by atoms with Gasteiger partial charge >= 0.3 is 0 Å². The number of thiazole rings is 1. The molecule has 0 bridgehead atoms. The van der Waals surface area contributed by atoms with Gasteiger partial charge in [0.2, 0.25) is 0 Å². The minimum absolute atomic E-state index is 0.667. The largest absolute Gasteiger partial charge is 0.398 e. The molecule has 0 saturated heterocycles. The Kier molecular flexibility index (Phi) is 5.88. The van der Waals surface area contributed by atoms with E-state index in [1.807, 2.05) is 18.2 Å². The molecule has 8 aromatic rings. The Labute approximate surface area is 252 Å². The average molecular weight is 576 g/mol. The number of nitrogens with two attached hydrogens (primary N) is 1. The lowest BCUT2D eigenvalue weighted by molar-refractivity contribution is 1.29. The SMILES string of the molecule is Nc1ccc(-c2nc3ccc(N(c4ccccc4)c4ccc5c6ccccc6c6ccccc6c5c4)cc3s2)cc1S. The number of benzene rings is 7. The molecule has 0 unspecified atom stereocenters. The minimum Gasteiger partial charge on any atom is -0.398 e. The third kappa shape index (κ3) is 4.09. The van der Waals surface area contributed by atoms with Gasteiger partial charge in [0, 0.05) is 33.2 Å². The van der Waals surface area contributed by atoms with E-state index in [0.29, 0.717) is 5.69 Å². The van der Waals surface area contributed by atoms with Gasteiger partial charge in [0.1, 0.15) is 5.01 Å². The zero-order valence-corrected chi connectivity index (χ0v) is 24.2. The van der Waals surface area contributed by atoms with Crippen LogP contribution in [0.1, 0.15) is 0 Å². The molecule has 200 valence electrons. The fraction of sp³-hybridized carbons (Fsp3) is 0. The Morgan fingerprint density at radius 1 is 0.548 bits per heavy atom. The van der Waals surface area contributed by atoms with Crippen LogP contribution in [0.3, 0.4) is 0 Å². The number of para-hydroxylation sites is 1. The van der Waals surface area contributed by atoms with Crippen molar-refractivity contribution >= 4 is 89.2 Å². The fourth-order valence-electron chi connectivity index (χ4n) is 5.91. The van der Waals surface area contributed by atoms with Crippen molar-refractivity contribution in [3.8, 4) is 10.6 Å². The van der Waals surface area contributed by atoms with Crippen LogP contribution in [0.4, 0.5) is 22.7 Å². The van der Waals surface area contributed by atoms with Gasteiger partial charge < -0.3 is 10.6 Å². The number of hydrogen-bond acceptors (Lipinski definition) is 5. The predicted octanol–water partition coefficient (Wildman–Crippen LogP) is 10.8. The van der Waals surface area contributed by atoms with Gasteiger partial charge in [-0.2, -0.15) is 0 Å². The van der Waals surface area contributed by atoms with E-state index in [1.165, 1.54) is 32.3 Å². The smallest absolute Gasteiger partial charge is 0.124 e. The first-order valence-electron chi connectivity index (χ1n) is 13.8. The second-order valence-corrected chi connectivity index (χ2v) is 11.9. The molecule has 1 aromatic heterocycles. The van der Waals surface area contributed by atoms with E-state index in [2.05, 4.69) is 133 Å². The minimum atomic E-state index is 0.667. The van der Waals surface area contributed by atoms with E-state index in [1.54, 1.807) is 11.3 Å². The van der Waals surface area contributed by atoms with E-state index in [-0.39, 0.29) is 0 Å². The molecule has 8 rings (SSSR count). The quantitative estimate of drug-likeness (QED) is 0.125. The van der Waals surface area contributed by atoms with Crippen molar-refractivity contribution < 1.29 is 0 Å². The van der Waals surface area contributed by atoms with Crippen LogP contribution >= 0.6 is 24.0 Å². The van der Waals surface area contributed by atoms with Crippen LogP contribution in [0.2, 0.25) is 0 Å². The summed E-state index contributed by atoms with van der Waals surface area (Å²) in [4.78, 5) is 8.02. The van der Waals surface area contributed by atoms with Crippen molar-refractivity contribution in [1.29, 1.82) is 0 Å². The molecule has 0 spiro atoms. The van der Waals surface area contributed by atoms with Crippen LogP contribution in [-0.4, -0.2) is 4.98 Å². The second-order valence-electron chi connectivity index (χ2n) is 10.4. The highest BCUT2D eigenvalue weighted by molar-refractivity contribution is 7.80. The summed E-state index contributed by atoms with van der Waals surface area (Å²) >= 11 is 6.20. The van der Waals surface area contributed by atoms with Crippen molar-refractivity contribution in [2.75, 3.05) is 10.6 Å². The summed E-state index contributed by atoms with van der Waals surface area (Å²) in [5.74, 6) is 0. The van der Waals surface area contributed by atoms with Crippen LogP contribution in [0.15, 0.2) is 138 Å². The summed E-state index contributed by atoms with van der Waals surface area (Å²) in [5.41, 5.74) is 12.0. The maximum Gasteiger partial charge on any atom is 0.124 e. The topological polar surface area (TPSA) is 42.1 Å². The number of nitrogens with zero attached hydrogens (tertiary/aromatic N) is 2. The molecular formula is C37H25N3S2. The van der Waals surface area contributed by atoms with Gasteiger partial charge in [-0.05, 0) is 93.0 Å². The van der Waals surface area contributed by atoms with Crippen molar-refractivity contribution in [2.45, 2.75) is 4.90 Å². The lowest BCUT2D eigenvalue weighted by atomic mass is 9.94. The number of nitrogen functional groups attached to an aromatic ring is 1. The normalized spacial score (nSPS) is 11.5. The molecule has 0 fully saturated rings. The number of rotatable bonds is 4. The highest BCUT2D eigenvalue weighted by Gasteiger charge is 2.17. The highest BCUT2D eigenvalue weighted by atomic mass is 32.1. The third-order valence-electron chi connectivity index (χ3n) is 7.91. The lowest BCUT2D eigenvalue weighted by Crippen LogP contribution is -2.09. The highest BCUT2D eigenvalue weighted by Crippen LogP contribution is 2.42. The van der Waals surface area contributed by atoms with Crippen LogP contribution in [0, 0.1) is 0 Å². The van der Waals surface area contributed by atoms with E-state index < -0.39 is 0 Å². The first kappa shape index (κ1) is 24.9. The van der Waals surface area contributed by atoms with Crippen LogP contribution < -0.4 is 10.6 Å². The number of anilines is 4. The molecular weight excluding hydrogens is 551 g/mol. The van der Waals surface area contributed by atoms with Gasteiger partial charge in [-0.25, -0.2) is 4.98 Å². The molecule has 0 radical (unpaired) electrons. The predicted molar refractivity (Wildman–Crippen MR) is 184 cm³/mol. The molecule has 0 amide bonds. The molecule has 0 saturated carbocycles. The maximum absolute atomic E-state index is 6.00. The molecule has 5 heteroatoms. The average Bonchev–Trinajstić information content (AvgIpc) is 3.47. The summed E-state index contributed by atoms with van der Waals surface area (Å²) in [7, 11) is 0. The zero-order chi connectivity index (χ0) is 28.2. The first-order valence-corrected chi connectivity index (χ1v) is 15.1. The van der Waals surface area contributed by atoms with Crippen molar-refractivity contribution in [1.82, 2.24) is 4.98 Å². The Morgan fingerprint density at radius 2 is 1.14 bits per heavy atom. The third-order valence-corrected chi connectivity index (χ3v) is 9.36. The number of fused-ring (bicyclic) bond motifs is 7. The monoisotopic (exact) mass is 575 g/mol. The summed E-state index contributed by atoms with van der Waals surface area (Å²) in [5, 5.41) is 8.55. The fourth-order valence-corrected chi connectivity index (χ4v) is 7.12. The van der Waals surface area contributed by atoms with Crippen molar-refractivity contribution in [3.05, 3.63) is 133 Å². The number of hydrogen-bond donors (Lipinski definition) is 2. The first-order chi connectivity index (χ1) is 20.6. The molecule has 0 aliphatic rings. The summed E-state index contributed by atoms with van der Waals surface area (Å²) in [6.45, 7) is 0. The van der Waals surface area contributed by atoms with Crippen LogP contribution in [-0.2, 0) is 0 Å². The zero-order valence-electron chi connectivity index (χ0n) is 22.5. The molecule has 42 heavy (non-hydrogen) atoms. The maximum atomic E-state index is 6.00. The number of thiol groups is 1. The molecule has 0 aliphatic carbocycles.